The number of hydrogen-bond donors (Lipinski definition) is 8. The lowest BCUT2D eigenvalue weighted by Crippen LogP contribution is -2.34. The standard InChI is InChI=1S/2C23H26N4O5/c1-13-19(29)18(12-28)32-22(13)27-11-17(20(24)26-23(27)31)21(30)25-10-9-15-7-4-6-14-5-2-3-8-16(14)15;1-13-19(29)18(12-28)32-22(13)27-11-17(20(24)26-23(27)31)21(30)25-9-8-14-6-7-15-4-2-3-5-16(15)10-14/h2-8,11,13,18-19,22,28-29H,9-10,12H2,1H3,(H,25,30)(H2,24,26,31);2-7,10-11,13,18-19,22,28-29H,8-9,12H2,1H3,(H,25,30)(H2,24,26,31)/t2*13-,18+,19?,22+/m00/s1. The van der Waals surface area contributed by atoms with Crippen LogP contribution in [0.4, 0.5) is 11.6 Å². The second-order valence-corrected chi connectivity index (χ2v) is 16.0. The molecule has 2 aliphatic rings. The van der Waals surface area contributed by atoms with Crippen LogP contribution in [0.3, 0.4) is 0 Å². The molecule has 64 heavy (non-hydrogen) atoms. The molecule has 2 fully saturated rings. The summed E-state index contributed by atoms with van der Waals surface area (Å²) in [6.07, 6.45) is -1.45. The minimum absolute atomic E-state index is 0.0419. The van der Waals surface area contributed by atoms with Crippen LogP contribution in [-0.2, 0) is 22.3 Å². The number of ether oxygens (including phenoxy) is 2. The van der Waals surface area contributed by atoms with Gasteiger partial charge < -0.3 is 52.0 Å². The zero-order valence-electron chi connectivity index (χ0n) is 35.3. The maximum atomic E-state index is 12.8. The Kier molecular flexibility index (Phi) is 14.1. The van der Waals surface area contributed by atoms with E-state index in [0.717, 1.165) is 41.8 Å². The number of carbonyl (C=O) groups excluding carboxylic acids is 2. The highest BCUT2D eigenvalue weighted by molar-refractivity contribution is 5.98. The molecule has 10 N–H and O–H groups in total. The van der Waals surface area contributed by atoms with Crippen molar-refractivity contribution in [2.24, 2.45) is 11.8 Å². The Bertz CT molecular complexity index is 2750. The SMILES string of the molecule is C[C@H]1C(O)[C@@H](CO)O[C@H]1n1cc(C(=O)NCCc2ccc3ccccc3c2)c(N)nc1=O.C[C@H]1C(O)[C@@H](CO)O[C@H]1n1cc(C(=O)NCCc2cccc3ccccc23)c(N)nc1=O. The van der Waals surface area contributed by atoms with Gasteiger partial charge in [-0.3, -0.25) is 18.7 Å². The number of hydrogen-bond acceptors (Lipinski definition) is 14. The maximum Gasteiger partial charge on any atom is 0.351 e. The number of aromatic nitrogens is 4. The molecule has 2 aliphatic heterocycles. The van der Waals surface area contributed by atoms with E-state index in [-0.39, 0.29) is 36.0 Å². The van der Waals surface area contributed by atoms with E-state index in [9.17, 15) is 39.6 Å². The number of benzene rings is 4. The van der Waals surface area contributed by atoms with Crippen molar-refractivity contribution in [3.63, 3.8) is 0 Å². The van der Waals surface area contributed by atoms with Crippen molar-refractivity contribution in [3.05, 3.63) is 141 Å². The molecule has 336 valence electrons. The zero-order valence-corrected chi connectivity index (χ0v) is 35.3. The number of aliphatic hydroxyl groups is 4. The van der Waals surface area contributed by atoms with Crippen molar-refractivity contribution in [2.45, 2.75) is 63.6 Å². The number of rotatable bonds is 12. The maximum absolute atomic E-state index is 12.8. The van der Waals surface area contributed by atoms with E-state index in [0.29, 0.717) is 25.9 Å². The molecule has 0 aliphatic carbocycles. The van der Waals surface area contributed by atoms with Gasteiger partial charge in [0.25, 0.3) is 11.8 Å². The summed E-state index contributed by atoms with van der Waals surface area (Å²) in [6, 6.07) is 28.3. The third-order valence-corrected chi connectivity index (χ3v) is 11.8. The van der Waals surface area contributed by atoms with Crippen molar-refractivity contribution >= 4 is 45.0 Å². The Labute approximate surface area is 367 Å². The Hall–Kier alpha value is -6.54. The van der Waals surface area contributed by atoms with E-state index >= 15 is 0 Å². The Morgan fingerprint density at radius 2 is 1.14 bits per heavy atom. The normalized spacial score (nSPS) is 22.8. The second-order valence-electron chi connectivity index (χ2n) is 16.0. The van der Waals surface area contributed by atoms with Crippen molar-refractivity contribution in [1.82, 2.24) is 29.7 Å². The predicted octanol–water partition coefficient (Wildman–Crippen LogP) is 1.68. The average Bonchev–Trinajstić information content (AvgIpc) is 3.74. The molecule has 4 heterocycles. The number of aliphatic hydroxyl groups excluding tert-OH is 4. The van der Waals surface area contributed by atoms with Crippen LogP contribution in [0.15, 0.2) is 107 Å². The number of nitrogens with one attached hydrogen (secondary N) is 2. The van der Waals surface area contributed by atoms with Gasteiger partial charge in [-0.15, -0.1) is 0 Å². The first-order valence-electron chi connectivity index (χ1n) is 21.0. The quantitative estimate of drug-likeness (QED) is 0.0869. The van der Waals surface area contributed by atoms with Gasteiger partial charge in [-0.25, -0.2) is 9.59 Å². The third kappa shape index (κ3) is 9.66. The van der Waals surface area contributed by atoms with Crippen LogP contribution in [-0.4, -0.2) is 102 Å². The summed E-state index contributed by atoms with van der Waals surface area (Å²) in [4.78, 5) is 57.8. The van der Waals surface area contributed by atoms with Crippen LogP contribution in [0.5, 0.6) is 0 Å². The first-order chi connectivity index (χ1) is 30.8. The van der Waals surface area contributed by atoms with Gasteiger partial charge >= 0.3 is 11.4 Å². The summed E-state index contributed by atoms with van der Waals surface area (Å²) >= 11 is 0. The molecule has 4 aromatic carbocycles. The van der Waals surface area contributed by atoms with Crippen molar-refractivity contribution in [1.29, 1.82) is 0 Å². The van der Waals surface area contributed by atoms with Gasteiger partial charge in [-0.1, -0.05) is 98.8 Å². The minimum Gasteiger partial charge on any atom is -0.394 e. The smallest absolute Gasteiger partial charge is 0.351 e. The molecule has 18 nitrogen and oxygen atoms in total. The molecular formula is C46H52N8O10. The Balaban J connectivity index is 0.000000191. The number of carbonyl (C=O) groups is 2. The topological polar surface area (TPSA) is 279 Å². The minimum atomic E-state index is -0.951. The lowest BCUT2D eigenvalue weighted by atomic mass is 10.0. The second kappa shape index (κ2) is 19.9. The first kappa shape index (κ1) is 45.5. The van der Waals surface area contributed by atoms with Gasteiger partial charge in [0, 0.05) is 37.3 Å². The number of nitrogen functional groups attached to an aromatic ring is 2. The molecule has 2 saturated heterocycles. The number of anilines is 2. The fourth-order valence-corrected chi connectivity index (χ4v) is 8.13. The van der Waals surface area contributed by atoms with Crippen molar-refractivity contribution in [3.8, 4) is 0 Å². The van der Waals surface area contributed by atoms with Gasteiger partial charge in [-0.05, 0) is 45.5 Å². The van der Waals surface area contributed by atoms with E-state index in [1.165, 1.54) is 12.4 Å². The first-order valence-corrected chi connectivity index (χ1v) is 21.0. The number of amides is 2. The monoisotopic (exact) mass is 876 g/mol. The molecule has 0 bridgehead atoms. The largest absolute Gasteiger partial charge is 0.394 e. The summed E-state index contributed by atoms with van der Waals surface area (Å²) in [6.45, 7) is 3.35. The molecule has 0 saturated carbocycles. The molecule has 0 spiro atoms. The third-order valence-electron chi connectivity index (χ3n) is 11.8. The Morgan fingerprint density at radius 3 is 1.67 bits per heavy atom. The van der Waals surface area contributed by atoms with Crippen molar-refractivity contribution in [2.75, 3.05) is 37.8 Å². The lowest BCUT2D eigenvalue weighted by molar-refractivity contribution is -0.0476. The molecular weight excluding hydrogens is 825 g/mol. The Morgan fingerprint density at radius 1 is 0.656 bits per heavy atom. The highest BCUT2D eigenvalue weighted by atomic mass is 16.5. The van der Waals surface area contributed by atoms with E-state index in [2.05, 4.69) is 26.7 Å². The number of nitrogens with two attached hydrogens (primary N) is 2. The molecule has 6 aromatic rings. The molecule has 8 rings (SSSR count). The summed E-state index contributed by atoms with van der Waals surface area (Å²) in [7, 11) is 0. The number of fused-ring (bicyclic) bond motifs is 2. The summed E-state index contributed by atoms with van der Waals surface area (Å²) in [5.41, 5.74) is 12.6. The highest BCUT2D eigenvalue weighted by Crippen LogP contribution is 2.35. The van der Waals surface area contributed by atoms with Crippen LogP contribution < -0.4 is 33.5 Å². The van der Waals surface area contributed by atoms with Crippen LogP contribution in [0.1, 0.15) is 58.1 Å². The molecule has 18 heteroatoms. The average molecular weight is 877 g/mol. The lowest BCUT2D eigenvalue weighted by Gasteiger charge is -2.19. The van der Waals surface area contributed by atoms with E-state index < -0.39 is 71.9 Å². The van der Waals surface area contributed by atoms with Gasteiger partial charge in [-0.2, -0.15) is 9.97 Å². The van der Waals surface area contributed by atoms with Crippen LogP contribution in [0, 0.1) is 11.8 Å². The van der Waals surface area contributed by atoms with Crippen LogP contribution in [0.25, 0.3) is 21.5 Å². The molecule has 8 atom stereocenters. The van der Waals surface area contributed by atoms with Gasteiger partial charge in [0.15, 0.2) is 0 Å². The fourth-order valence-electron chi connectivity index (χ4n) is 8.13. The molecule has 0 radical (unpaired) electrons. The van der Waals surface area contributed by atoms with E-state index in [1.807, 2.05) is 78.9 Å². The highest BCUT2D eigenvalue weighted by Gasteiger charge is 2.43. The van der Waals surface area contributed by atoms with Gasteiger partial charge in [0.2, 0.25) is 0 Å². The van der Waals surface area contributed by atoms with E-state index in [1.54, 1.807) is 13.8 Å². The van der Waals surface area contributed by atoms with Gasteiger partial charge in [0.05, 0.1) is 36.5 Å². The summed E-state index contributed by atoms with van der Waals surface area (Å²) < 4.78 is 13.5. The van der Waals surface area contributed by atoms with Crippen LogP contribution in [0.2, 0.25) is 0 Å². The number of nitrogens with zero attached hydrogens (tertiary/aromatic N) is 4. The summed E-state index contributed by atoms with van der Waals surface area (Å²) in [5.74, 6) is -2.27. The molecule has 2 unspecified atom stereocenters. The predicted molar refractivity (Wildman–Crippen MR) is 238 cm³/mol. The van der Waals surface area contributed by atoms with Crippen molar-refractivity contribution < 1.29 is 39.5 Å². The van der Waals surface area contributed by atoms with E-state index in [4.69, 9.17) is 20.9 Å². The van der Waals surface area contributed by atoms with Crippen LogP contribution >= 0.6 is 0 Å². The summed E-state index contributed by atoms with van der Waals surface area (Å²) in [5, 5.41) is 49.3. The molecule has 2 amide bonds. The zero-order chi connectivity index (χ0) is 45.7. The fraction of sp³-hybridized carbons (Fsp3) is 0.348. The molecule has 2 aromatic heterocycles. The van der Waals surface area contributed by atoms with Gasteiger partial charge in [0.1, 0.15) is 36.3 Å².